The Labute approximate surface area is 131 Å². The molecule has 0 aliphatic rings. The van der Waals surface area contributed by atoms with Crippen molar-refractivity contribution in [2.24, 2.45) is 0 Å². The molecule has 0 radical (unpaired) electrons. The summed E-state index contributed by atoms with van der Waals surface area (Å²) in [6.07, 6.45) is 2.18. The van der Waals surface area contributed by atoms with E-state index in [1.165, 1.54) is 0 Å². The van der Waals surface area contributed by atoms with Gasteiger partial charge in [0.2, 0.25) is 0 Å². The van der Waals surface area contributed by atoms with Crippen LogP contribution in [0.1, 0.15) is 0 Å². The summed E-state index contributed by atoms with van der Waals surface area (Å²) < 4.78 is 11.1. The van der Waals surface area contributed by atoms with Crippen LogP contribution in [0.2, 0.25) is 0 Å². The van der Waals surface area contributed by atoms with Crippen molar-refractivity contribution in [1.29, 1.82) is 0 Å². The van der Waals surface area contributed by atoms with Crippen LogP contribution < -0.4 is 9.47 Å². The highest BCUT2D eigenvalue weighted by Crippen LogP contribution is 2.25. The van der Waals surface area contributed by atoms with Crippen molar-refractivity contribution < 1.29 is 14.4 Å². The number of nitro groups is 1. The lowest BCUT2D eigenvalue weighted by Gasteiger charge is -2.07. The molecule has 3 aromatic rings. The third kappa shape index (κ3) is 3.79. The third-order valence-electron chi connectivity index (χ3n) is 2.84. The number of hydrogen-bond donors (Lipinski definition) is 0. The molecule has 0 unspecified atom stereocenters. The van der Waals surface area contributed by atoms with Gasteiger partial charge in [-0.3, -0.25) is 10.1 Å². The summed E-state index contributed by atoms with van der Waals surface area (Å²) >= 11 is 0. The molecule has 0 saturated carbocycles. The molecule has 23 heavy (non-hydrogen) atoms. The lowest BCUT2D eigenvalue weighted by Crippen LogP contribution is -1.94. The van der Waals surface area contributed by atoms with Gasteiger partial charge in [-0.05, 0) is 36.4 Å². The van der Waals surface area contributed by atoms with E-state index in [-0.39, 0.29) is 11.7 Å². The topological polar surface area (TPSA) is 87.4 Å². The zero-order valence-electron chi connectivity index (χ0n) is 11.8. The predicted molar refractivity (Wildman–Crippen MR) is 81.7 cm³/mol. The highest BCUT2D eigenvalue weighted by Gasteiger charge is 2.08. The van der Waals surface area contributed by atoms with E-state index in [4.69, 9.17) is 9.47 Å². The first-order valence-corrected chi connectivity index (χ1v) is 6.68. The van der Waals surface area contributed by atoms with Gasteiger partial charge in [0.1, 0.15) is 29.6 Å². The van der Waals surface area contributed by atoms with Gasteiger partial charge in [-0.1, -0.05) is 18.2 Å². The molecule has 3 rings (SSSR count). The molecule has 0 aliphatic carbocycles. The molecule has 0 N–H and O–H groups in total. The van der Waals surface area contributed by atoms with E-state index in [2.05, 4.69) is 9.97 Å². The van der Waals surface area contributed by atoms with E-state index in [1.807, 2.05) is 30.3 Å². The lowest BCUT2D eigenvalue weighted by molar-refractivity contribution is -0.385. The second-order valence-corrected chi connectivity index (χ2v) is 4.47. The Hall–Kier alpha value is -3.48. The number of ether oxygens (including phenoxy) is 2. The van der Waals surface area contributed by atoms with Crippen molar-refractivity contribution in [2.45, 2.75) is 0 Å². The van der Waals surface area contributed by atoms with Gasteiger partial charge in [0.25, 0.3) is 0 Å². The molecule has 7 nitrogen and oxygen atoms in total. The monoisotopic (exact) mass is 309 g/mol. The minimum absolute atomic E-state index is 0.0346. The zero-order valence-corrected chi connectivity index (χ0v) is 11.8. The quantitative estimate of drug-likeness (QED) is 0.523. The average Bonchev–Trinajstić information content (AvgIpc) is 2.58. The van der Waals surface area contributed by atoms with E-state index in [1.54, 1.807) is 24.3 Å². The maximum atomic E-state index is 10.5. The van der Waals surface area contributed by atoms with E-state index >= 15 is 0 Å². The Kier molecular flexibility index (Phi) is 4.10. The van der Waals surface area contributed by atoms with Gasteiger partial charge in [-0.15, -0.1) is 0 Å². The summed E-state index contributed by atoms with van der Waals surface area (Å²) in [4.78, 5) is 17.5. The van der Waals surface area contributed by atoms with Crippen LogP contribution in [0, 0.1) is 10.1 Å². The molecule has 0 bridgehead atoms. The minimum Gasteiger partial charge on any atom is -0.457 e. The largest absolute Gasteiger partial charge is 0.457 e. The second-order valence-electron chi connectivity index (χ2n) is 4.47. The number of para-hydroxylation sites is 1. The molecule has 0 amide bonds. The molecule has 1 heterocycles. The summed E-state index contributed by atoms with van der Waals surface area (Å²) in [6, 6.07) is 16.3. The first-order valence-electron chi connectivity index (χ1n) is 6.68. The third-order valence-corrected chi connectivity index (χ3v) is 2.84. The van der Waals surface area contributed by atoms with Crippen LogP contribution in [0.4, 0.5) is 5.69 Å². The first-order chi connectivity index (χ1) is 11.2. The minimum atomic E-state index is -0.570. The SMILES string of the molecule is O=[N+]([O-])c1cnc(Oc2ccc(Oc3ccccc3)cc2)nc1. The maximum Gasteiger partial charge on any atom is 0.322 e. The first kappa shape index (κ1) is 14.5. The Bertz CT molecular complexity index is 790. The number of benzene rings is 2. The summed E-state index contributed by atoms with van der Waals surface area (Å²) in [5.41, 5.74) is -0.191. The Morgan fingerprint density at radius 3 is 1.87 bits per heavy atom. The van der Waals surface area contributed by atoms with Crippen molar-refractivity contribution in [1.82, 2.24) is 9.97 Å². The Morgan fingerprint density at radius 2 is 1.30 bits per heavy atom. The second kappa shape index (κ2) is 6.52. The van der Waals surface area contributed by atoms with Gasteiger partial charge >= 0.3 is 11.7 Å². The van der Waals surface area contributed by atoms with Crippen molar-refractivity contribution in [3.63, 3.8) is 0 Å². The Morgan fingerprint density at radius 1 is 0.783 bits per heavy atom. The fraction of sp³-hybridized carbons (Fsp3) is 0. The molecule has 0 fully saturated rings. The number of hydrogen-bond acceptors (Lipinski definition) is 6. The molecular weight excluding hydrogens is 298 g/mol. The van der Waals surface area contributed by atoms with Crippen LogP contribution in [-0.2, 0) is 0 Å². The molecular formula is C16H11N3O4. The average molecular weight is 309 g/mol. The van der Waals surface area contributed by atoms with Crippen LogP contribution in [0.3, 0.4) is 0 Å². The van der Waals surface area contributed by atoms with Gasteiger partial charge < -0.3 is 9.47 Å². The van der Waals surface area contributed by atoms with Crippen LogP contribution >= 0.6 is 0 Å². The fourth-order valence-electron chi connectivity index (χ4n) is 1.76. The van der Waals surface area contributed by atoms with Crippen molar-refractivity contribution in [3.05, 3.63) is 77.1 Å². The smallest absolute Gasteiger partial charge is 0.322 e. The summed E-state index contributed by atoms with van der Waals surface area (Å²) in [5.74, 6) is 1.90. The molecule has 2 aromatic carbocycles. The van der Waals surface area contributed by atoms with Crippen LogP contribution in [0.25, 0.3) is 0 Å². The highest BCUT2D eigenvalue weighted by atomic mass is 16.6. The van der Waals surface area contributed by atoms with Crippen molar-refractivity contribution >= 4 is 5.69 Å². The van der Waals surface area contributed by atoms with Gasteiger partial charge in [0.05, 0.1) is 4.92 Å². The fourth-order valence-corrected chi connectivity index (χ4v) is 1.76. The number of aromatic nitrogens is 2. The van der Waals surface area contributed by atoms with Crippen LogP contribution in [0.15, 0.2) is 67.0 Å². The maximum absolute atomic E-state index is 10.5. The van der Waals surface area contributed by atoms with E-state index < -0.39 is 4.92 Å². The van der Waals surface area contributed by atoms with Crippen molar-refractivity contribution in [3.8, 4) is 23.3 Å². The summed E-state index contributed by atoms with van der Waals surface area (Å²) in [7, 11) is 0. The van der Waals surface area contributed by atoms with E-state index in [0.29, 0.717) is 11.5 Å². The molecule has 0 aliphatic heterocycles. The van der Waals surface area contributed by atoms with Gasteiger partial charge in [-0.2, -0.15) is 9.97 Å². The van der Waals surface area contributed by atoms with Crippen molar-refractivity contribution in [2.75, 3.05) is 0 Å². The van der Waals surface area contributed by atoms with Crippen LogP contribution in [0.5, 0.6) is 23.3 Å². The summed E-state index contributed by atoms with van der Waals surface area (Å²) in [5, 5.41) is 10.5. The summed E-state index contributed by atoms with van der Waals surface area (Å²) in [6.45, 7) is 0. The standard InChI is InChI=1S/C16H11N3O4/c20-19(21)12-10-17-16(18-11-12)23-15-8-6-14(7-9-15)22-13-4-2-1-3-5-13/h1-11H. The van der Waals surface area contributed by atoms with Gasteiger partial charge in [0.15, 0.2) is 0 Å². The number of rotatable bonds is 5. The normalized spacial score (nSPS) is 10.1. The molecule has 7 heteroatoms. The zero-order chi connectivity index (χ0) is 16.1. The molecule has 0 atom stereocenters. The van der Waals surface area contributed by atoms with E-state index in [0.717, 1.165) is 18.1 Å². The molecule has 114 valence electrons. The van der Waals surface area contributed by atoms with Gasteiger partial charge in [-0.25, -0.2) is 0 Å². The van der Waals surface area contributed by atoms with E-state index in [9.17, 15) is 10.1 Å². The molecule has 0 saturated heterocycles. The van der Waals surface area contributed by atoms with Crippen LogP contribution in [-0.4, -0.2) is 14.9 Å². The lowest BCUT2D eigenvalue weighted by atomic mass is 10.3. The highest BCUT2D eigenvalue weighted by molar-refractivity contribution is 5.36. The predicted octanol–water partition coefficient (Wildman–Crippen LogP) is 3.97. The van der Waals surface area contributed by atoms with Gasteiger partial charge in [0, 0.05) is 0 Å². The molecule has 0 spiro atoms. The Balaban J connectivity index is 1.66. The number of nitrogens with zero attached hydrogens (tertiary/aromatic N) is 3. The molecule has 1 aromatic heterocycles.